The van der Waals surface area contributed by atoms with Gasteiger partial charge in [0.1, 0.15) is 17.2 Å². The lowest BCUT2D eigenvalue weighted by molar-refractivity contribution is 0.0564. The molecule has 2 heterocycles. The number of hydrogen-bond donors (Lipinski definition) is 1. The first kappa shape index (κ1) is 13.5. The summed E-state index contributed by atoms with van der Waals surface area (Å²) < 4.78 is 28.0. The molecule has 0 aromatic heterocycles. The number of likely N-dealkylation sites (tertiary alicyclic amines) is 1. The summed E-state index contributed by atoms with van der Waals surface area (Å²) in [5, 5.41) is 3.26. The highest BCUT2D eigenvalue weighted by Gasteiger charge is 2.39. The number of nitrogens with one attached hydrogen (secondary N) is 1. The number of fused-ring (bicyclic) bond motifs is 1. The van der Waals surface area contributed by atoms with E-state index in [1.54, 1.807) is 11.8 Å². The highest BCUT2D eigenvalue weighted by molar-refractivity contribution is 5.95. The molecule has 0 aliphatic carbocycles. The van der Waals surface area contributed by atoms with Crippen LogP contribution in [-0.4, -0.2) is 36.5 Å². The molecule has 0 saturated carbocycles. The fourth-order valence-electron chi connectivity index (χ4n) is 3.32. The van der Waals surface area contributed by atoms with Gasteiger partial charge in [-0.1, -0.05) is 6.07 Å². The van der Waals surface area contributed by atoms with Crippen molar-refractivity contribution in [1.82, 2.24) is 10.2 Å². The van der Waals surface area contributed by atoms with Gasteiger partial charge in [-0.25, -0.2) is 8.78 Å². The second-order valence-corrected chi connectivity index (χ2v) is 5.68. The van der Waals surface area contributed by atoms with Crippen LogP contribution in [0.5, 0.6) is 0 Å². The number of nitrogens with zero attached hydrogens (tertiary/aromatic N) is 1. The molecule has 1 aromatic carbocycles. The molecule has 2 aliphatic heterocycles. The Balaban J connectivity index is 1.94. The van der Waals surface area contributed by atoms with E-state index in [4.69, 9.17) is 0 Å². The minimum Gasteiger partial charge on any atom is -0.334 e. The quantitative estimate of drug-likeness (QED) is 0.854. The summed E-state index contributed by atoms with van der Waals surface area (Å²) in [7, 11) is 0. The van der Waals surface area contributed by atoms with Gasteiger partial charge in [-0.2, -0.15) is 0 Å². The van der Waals surface area contributed by atoms with Gasteiger partial charge in [0.2, 0.25) is 0 Å². The third-order valence-electron chi connectivity index (χ3n) is 4.44. The number of aryl methyl sites for hydroxylation is 1. The molecule has 0 bridgehead atoms. The van der Waals surface area contributed by atoms with Crippen LogP contribution in [-0.2, 0) is 0 Å². The van der Waals surface area contributed by atoms with Crippen LogP contribution in [0.3, 0.4) is 0 Å². The Kier molecular flexibility index (Phi) is 3.46. The van der Waals surface area contributed by atoms with E-state index in [0.717, 1.165) is 19.4 Å². The number of carbonyl (C=O) groups is 1. The first-order chi connectivity index (χ1) is 9.59. The summed E-state index contributed by atoms with van der Waals surface area (Å²) >= 11 is 0. The molecule has 2 atom stereocenters. The van der Waals surface area contributed by atoms with Crippen molar-refractivity contribution in [3.63, 3.8) is 0 Å². The summed E-state index contributed by atoms with van der Waals surface area (Å²) in [6, 6.07) is 2.59. The molecule has 2 saturated heterocycles. The van der Waals surface area contributed by atoms with Gasteiger partial charge in [0.15, 0.2) is 0 Å². The lowest BCUT2D eigenvalue weighted by Crippen LogP contribution is -2.48. The molecule has 0 spiro atoms. The number of halogens is 2. The van der Waals surface area contributed by atoms with Gasteiger partial charge in [0.05, 0.1) is 0 Å². The molecule has 2 fully saturated rings. The molecule has 2 aliphatic rings. The molecule has 3 rings (SSSR count). The monoisotopic (exact) mass is 280 g/mol. The van der Waals surface area contributed by atoms with Crippen LogP contribution in [0, 0.1) is 24.5 Å². The zero-order valence-corrected chi connectivity index (χ0v) is 11.5. The molecule has 108 valence electrons. The maximum Gasteiger partial charge on any atom is 0.260 e. The van der Waals surface area contributed by atoms with Gasteiger partial charge in [0.25, 0.3) is 5.91 Å². The molecule has 1 N–H and O–H groups in total. The summed E-state index contributed by atoms with van der Waals surface area (Å²) in [5.41, 5.74) is -0.106. The SMILES string of the molecule is Cc1ccc(F)c(C(=O)N2CCCC3CNCC32)c1F. The van der Waals surface area contributed by atoms with Crippen LogP contribution in [0.2, 0.25) is 0 Å². The normalized spacial score (nSPS) is 25.6. The summed E-state index contributed by atoms with van der Waals surface area (Å²) in [6.45, 7) is 3.72. The largest absolute Gasteiger partial charge is 0.334 e. The molecular formula is C15H18F2N2O. The van der Waals surface area contributed by atoms with Crippen molar-refractivity contribution in [1.29, 1.82) is 0 Å². The Bertz CT molecular complexity index is 547. The predicted molar refractivity (Wildman–Crippen MR) is 71.5 cm³/mol. The fourth-order valence-corrected chi connectivity index (χ4v) is 3.32. The van der Waals surface area contributed by atoms with Crippen LogP contribution in [0.1, 0.15) is 28.8 Å². The van der Waals surface area contributed by atoms with Crippen molar-refractivity contribution < 1.29 is 13.6 Å². The number of piperidine rings is 1. The molecule has 3 nitrogen and oxygen atoms in total. The van der Waals surface area contributed by atoms with E-state index >= 15 is 0 Å². The van der Waals surface area contributed by atoms with Crippen molar-refractivity contribution >= 4 is 5.91 Å². The highest BCUT2D eigenvalue weighted by atomic mass is 19.1. The van der Waals surface area contributed by atoms with Crippen LogP contribution >= 0.6 is 0 Å². The topological polar surface area (TPSA) is 32.3 Å². The molecule has 2 unspecified atom stereocenters. The van der Waals surface area contributed by atoms with Crippen LogP contribution in [0.25, 0.3) is 0 Å². The van der Waals surface area contributed by atoms with E-state index in [2.05, 4.69) is 5.32 Å². The van der Waals surface area contributed by atoms with E-state index in [1.165, 1.54) is 12.1 Å². The highest BCUT2D eigenvalue weighted by Crippen LogP contribution is 2.29. The molecular weight excluding hydrogens is 262 g/mol. The Morgan fingerprint density at radius 1 is 1.35 bits per heavy atom. The van der Waals surface area contributed by atoms with E-state index in [0.29, 0.717) is 24.6 Å². The second-order valence-electron chi connectivity index (χ2n) is 5.68. The zero-order chi connectivity index (χ0) is 14.3. The van der Waals surface area contributed by atoms with E-state index in [-0.39, 0.29) is 6.04 Å². The van der Waals surface area contributed by atoms with Gasteiger partial charge in [-0.15, -0.1) is 0 Å². The molecule has 5 heteroatoms. The van der Waals surface area contributed by atoms with E-state index in [1.807, 2.05) is 0 Å². The molecule has 20 heavy (non-hydrogen) atoms. The van der Waals surface area contributed by atoms with Crippen LogP contribution < -0.4 is 5.32 Å². The fraction of sp³-hybridized carbons (Fsp3) is 0.533. The number of hydrogen-bond acceptors (Lipinski definition) is 2. The van der Waals surface area contributed by atoms with Crippen molar-refractivity contribution in [2.24, 2.45) is 5.92 Å². The standard InChI is InChI=1S/C15H18F2N2O/c1-9-4-5-11(16)13(14(9)17)15(20)19-6-2-3-10-7-18-8-12(10)19/h4-5,10,12,18H,2-3,6-8H2,1H3. The predicted octanol–water partition coefficient (Wildman–Crippen LogP) is 2.10. The first-order valence-corrected chi connectivity index (χ1v) is 7.06. The number of carbonyl (C=O) groups excluding carboxylic acids is 1. The second kappa shape index (κ2) is 5.13. The number of rotatable bonds is 1. The Morgan fingerprint density at radius 3 is 2.95 bits per heavy atom. The average Bonchev–Trinajstić information content (AvgIpc) is 2.91. The molecule has 1 amide bonds. The third kappa shape index (κ3) is 2.10. The zero-order valence-electron chi connectivity index (χ0n) is 11.5. The van der Waals surface area contributed by atoms with Crippen LogP contribution in [0.15, 0.2) is 12.1 Å². The van der Waals surface area contributed by atoms with Gasteiger partial charge in [-0.3, -0.25) is 4.79 Å². The number of benzene rings is 1. The Morgan fingerprint density at radius 2 is 2.15 bits per heavy atom. The van der Waals surface area contributed by atoms with E-state index < -0.39 is 23.1 Å². The van der Waals surface area contributed by atoms with E-state index in [9.17, 15) is 13.6 Å². The minimum atomic E-state index is -0.772. The number of amides is 1. The van der Waals surface area contributed by atoms with Gasteiger partial charge >= 0.3 is 0 Å². The Hall–Kier alpha value is -1.49. The van der Waals surface area contributed by atoms with Crippen molar-refractivity contribution in [3.8, 4) is 0 Å². The summed E-state index contributed by atoms with van der Waals surface area (Å²) in [6.07, 6.45) is 1.96. The summed E-state index contributed by atoms with van der Waals surface area (Å²) in [4.78, 5) is 14.2. The van der Waals surface area contributed by atoms with Gasteiger partial charge in [0, 0.05) is 25.7 Å². The maximum absolute atomic E-state index is 14.1. The summed E-state index contributed by atoms with van der Waals surface area (Å²) in [5.74, 6) is -1.61. The van der Waals surface area contributed by atoms with Crippen LogP contribution in [0.4, 0.5) is 8.78 Å². The molecule has 0 radical (unpaired) electrons. The molecule has 1 aromatic rings. The smallest absolute Gasteiger partial charge is 0.260 e. The van der Waals surface area contributed by atoms with Gasteiger partial charge < -0.3 is 10.2 Å². The average molecular weight is 280 g/mol. The first-order valence-electron chi connectivity index (χ1n) is 7.06. The Labute approximate surface area is 117 Å². The van der Waals surface area contributed by atoms with Gasteiger partial charge in [-0.05, 0) is 37.3 Å². The van der Waals surface area contributed by atoms with Crippen molar-refractivity contribution in [3.05, 3.63) is 34.9 Å². The lowest BCUT2D eigenvalue weighted by Gasteiger charge is -2.37. The maximum atomic E-state index is 14.1. The lowest BCUT2D eigenvalue weighted by atomic mass is 9.91. The minimum absolute atomic E-state index is 0.0653. The van der Waals surface area contributed by atoms with Crippen molar-refractivity contribution in [2.45, 2.75) is 25.8 Å². The van der Waals surface area contributed by atoms with Crippen molar-refractivity contribution in [2.75, 3.05) is 19.6 Å². The third-order valence-corrected chi connectivity index (χ3v) is 4.44.